The lowest BCUT2D eigenvalue weighted by atomic mass is 9.90. The highest BCUT2D eigenvalue weighted by Gasteiger charge is 2.33. The van der Waals surface area contributed by atoms with Gasteiger partial charge in [0.1, 0.15) is 11.2 Å². The van der Waals surface area contributed by atoms with E-state index >= 15 is 0 Å². The fourth-order valence-electron chi connectivity index (χ4n) is 1.61. The maximum Gasteiger partial charge on any atom is 0.317 e. The molecule has 7 heteroatoms. The third-order valence-corrected chi connectivity index (χ3v) is 3.69. The van der Waals surface area contributed by atoms with Crippen molar-refractivity contribution in [3.63, 3.8) is 0 Å². The monoisotopic (exact) mass is 294 g/mol. The molecule has 2 rings (SSSR count). The molecule has 0 unspecified atom stereocenters. The first kappa shape index (κ1) is 14.5. The number of aromatic nitrogens is 3. The van der Waals surface area contributed by atoms with Gasteiger partial charge in [-0.25, -0.2) is 9.97 Å². The van der Waals surface area contributed by atoms with Crippen LogP contribution in [0.3, 0.4) is 0 Å². The minimum absolute atomic E-state index is 0.261. The number of esters is 1. The molecule has 20 heavy (non-hydrogen) atoms. The highest BCUT2D eigenvalue weighted by molar-refractivity contribution is 7.13. The minimum atomic E-state index is -0.739. The summed E-state index contributed by atoms with van der Waals surface area (Å²) in [5, 5.41) is 5.81. The quantitative estimate of drug-likeness (QED) is 0.799. The number of H-pyrrole nitrogens is 1. The molecule has 0 bridgehead atoms. The lowest BCUT2D eigenvalue weighted by molar-refractivity contribution is -0.148. The van der Waals surface area contributed by atoms with E-state index in [4.69, 9.17) is 4.74 Å². The van der Waals surface area contributed by atoms with Crippen molar-refractivity contribution in [1.29, 1.82) is 0 Å². The summed E-state index contributed by atoms with van der Waals surface area (Å²) in [6, 6.07) is 0. The first-order chi connectivity index (χ1) is 9.54. The van der Waals surface area contributed by atoms with Gasteiger partial charge in [-0.2, -0.15) is 0 Å². The van der Waals surface area contributed by atoms with Gasteiger partial charge >= 0.3 is 5.97 Å². The van der Waals surface area contributed by atoms with Crippen LogP contribution in [0.1, 0.15) is 32.3 Å². The predicted molar refractivity (Wildman–Crippen MR) is 77.7 cm³/mol. The zero-order chi connectivity index (χ0) is 14.6. The molecule has 2 aromatic rings. The molecular formula is C13H18N4O2S. The second kappa shape index (κ2) is 6.04. The molecule has 0 atom stereocenters. The van der Waals surface area contributed by atoms with Crippen LogP contribution in [0.5, 0.6) is 0 Å². The standard InChI is InChI=1S/C13H18N4O2S/c1-4-19-11(18)13(2,3)9-8-20-12(17-9)16-7-10-14-5-6-15-10/h5-6,8H,4,7H2,1-3H3,(H,14,15)(H,16,17). The zero-order valence-corrected chi connectivity index (χ0v) is 12.6. The van der Waals surface area contributed by atoms with Crippen molar-refractivity contribution >= 4 is 22.4 Å². The van der Waals surface area contributed by atoms with Crippen molar-refractivity contribution in [2.45, 2.75) is 32.7 Å². The number of imidazole rings is 1. The molecule has 0 saturated carbocycles. The normalized spacial score (nSPS) is 11.3. The zero-order valence-electron chi connectivity index (χ0n) is 11.8. The molecule has 0 saturated heterocycles. The van der Waals surface area contributed by atoms with Crippen molar-refractivity contribution < 1.29 is 9.53 Å². The molecule has 2 N–H and O–H groups in total. The van der Waals surface area contributed by atoms with Crippen LogP contribution in [-0.4, -0.2) is 27.5 Å². The van der Waals surface area contributed by atoms with Gasteiger partial charge in [0.05, 0.1) is 18.8 Å². The summed E-state index contributed by atoms with van der Waals surface area (Å²) in [5.74, 6) is 0.578. The molecule has 0 aliphatic carbocycles. The lowest BCUT2D eigenvalue weighted by Gasteiger charge is -2.19. The van der Waals surface area contributed by atoms with Gasteiger partial charge in [0.2, 0.25) is 0 Å². The van der Waals surface area contributed by atoms with E-state index in [-0.39, 0.29) is 5.97 Å². The number of aromatic amines is 1. The Morgan fingerprint density at radius 2 is 2.35 bits per heavy atom. The van der Waals surface area contributed by atoms with Gasteiger partial charge in [0.15, 0.2) is 5.13 Å². The van der Waals surface area contributed by atoms with Crippen molar-refractivity contribution in [1.82, 2.24) is 15.0 Å². The van der Waals surface area contributed by atoms with Gasteiger partial charge in [0.25, 0.3) is 0 Å². The van der Waals surface area contributed by atoms with E-state index in [0.717, 1.165) is 11.0 Å². The van der Waals surface area contributed by atoms with Crippen molar-refractivity contribution in [2.24, 2.45) is 0 Å². The Morgan fingerprint density at radius 3 is 3.00 bits per heavy atom. The van der Waals surface area contributed by atoms with Crippen molar-refractivity contribution in [3.8, 4) is 0 Å². The molecule has 0 fully saturated rings. The number of nitrogens with one attached hydrogen (secondary N) is 2. The summed E-state index contributed by atoms with van der Waals surface area (Å²) < 4.78 is 5.08. The molecule has 108 valence electrons. The van der Waals surface area contributed by atoms with Gasteiger partial charge in [-0.05, 0) is 20.8 Å². The molecule has 2 heterocycles. The number of thiazole rings is 1. The molecular weight excluding hydrogens is 276 g/mol. The summed E-state index contributed by atoms with van der Waals surface area (Å²) in [6.45, 7) is 6.37. The summed E-state index contributed by atoms with van der Waals surface area (Å²) in [4.78, 5) is 23.5. The summed E-state index contributed by atoms with van der Waals surface area (Å²) in [5.41, 5.74) is -0.0280. The summed E-state index contributed by atoms with van der Waals surface area (Å²) >= 11 is 1.46. The number of nitrogens with zero attached hydrogens (tertiary/aromatic N) is 2. The van der Waals surface area contributed by atoms with E-state index in [0.29, 0.717) is 18.8 Å². The fraction of sp³-hybridized carbons (Fsp3) is 0.462. The van der Waals surface area contributed by atoms with Crippen molar-refractivity contribution in [2.75, 3.05) is 11.9 Å². The van der Waals surface area contributed by atoms with Gasteiger partial charge in [-0.15, -0.1) is 11.3 Å². The third-order valence-electron chi connectivity index (χ3n) is 2.89. The first-order valence-corrected chi connectivity index (χ1v) is 7.27. The topological polar surface area (TPSA) is 79.9 Å². The van der Waals surface area contributed by atoms with E-state index in [1.165, 1.54) is 11.3 Å². The molecule has 0 aromatic carbocycles. The summed E-state index contributed by atoms with van der Waals surface area (Å²) in [7, 11) is 0. The number of ether oxygens (including phenoxy) is 1. The largest absolute Gasteiger partial charge is 0.465 e. The van der Waals surface area contributed by atoms with Gasteiger partial charge in [-0.3, -0.25) is 4.79 Å². The maximum atomic E-state index is 11.9. The molecule has 0 amide bonds. The minimum Gasteiger partial charge on any atom is -0.465 e. The number of carbonyl (C=O) groups is 1. The number of rotatable bonds is 6. The first-order valence-electron chi connectivity index (χ1n) is 6.39. The lowest BCUT2D eigenvalue weighted by Crippen LogP contribution is -2.31. The highest BCUT2D eigenvalue weighted by atomic mass is 32.1. The van der Waals surface area contributed by atoms with E-state index in [1.807, 2.05) is 19.2 Å². The van der Waals surface area contributed by atoms with Crippen LogP contribution in [0.2, 0.25) is 0 Å². The number of carbonyl (C=O) groups excluding carboxylic acids is 1. The second-order valence-electron chi connectivity index (χ2n) is 4.77. The Kier molecular flexibility index (Phi) is 4.39. The molecule has 0 spiro atoms. The SMILES string of the molecule is CCOC(=O)C(C)(C)c1csc(NCc2ncc[nH]2)n1. The van der Waals surface area contributed by atoms with Crippen LogP contribution in [0.4, 0.5) is 5.13 Å². The number of anilines is 1. The highest BCUT2D eigenvalue weighted by Crippen LogP contribution is 2.28. The van der Waals surface area contributed by atoms with Crippen LogP contribution in [0.25, 0.3) is 0 Å². The van der Waals surface area contributed by atoms with Gasteiger partial charge in [-0.1, -0.05) is 0 Å². The number of hydrogen-bond donors (Lipinski definition) is 2. The average molecular weight is 294 g/mol. The van der Waals surface area contributed by atoms with Crippen LogP contribution in [0, 0.1) is 0 Å². The average Bonchev–Trinajstić information content (AvgIpc) is 3.08. The predicted octanol–water partition coefficient (Wildman–Crippen LogP) is 2.32. The van der Waals surface area contributed by atoms with E-state index < -0.39 is 5.41 Å². The number of hydrogen-bond acceptors (Lipinski definition) is 6. The Hall–Kier alpha value is -1.89. The van der Waals surface area contributed by atoms with E-state index in [9.17, 15) is 4.79 Å². The van der Waals surface area contributed by atoms with E-state index in [1.54, 1.807) is 19.3 Å². The molecule has 0 aliphatic heterocycles. The van der Waals surface area contributed by atoms with Gasteiger partial charge in [0, 0.05) is 17.8 Å². The molecule has 0 aliphatic rings. The van der Waals surface area contributed by atoms with Crippen LogP contribution >= 0.6 is 11.3 Å². The van der Waals surface area contributed by atoms with Gasteiger partial charge < -0.3 is 15.0 Å². The molecule has 6 nitrogen and oxygen atoms in total. The molecule has 0 radical (unpaired) electrons. The van der Waals surface area contributed by atoms with Crippen molar-refractivity contribution in [3.05, 3.63) is 29.3 Å². The Morgan fingerprint density at radius 1 is 1.55 bits per heavy atom. The Bertz CT molecular complexity index is 563. The van der Waals surface area contributed by atoms with Crippen LogP contribution in [0.15, 0.2) is 17.8 Å². The molecule has 2 aromatic heterocycles. The third kappa shape index (κ3) is 3.16. The second-order valence-corrected chi connectivity index (χ2v) is 5.63. The van der Waals surface area contributed by atoms with Crippen LogP contribution < -0.4 is 5.32 Å². The van der Waals surface area contributed by atoms with Crippen LogP contribution in [-0.2, 0) is 21.5 Å². The smallest absolute Gasteiger partial charge is 0.317 e. The van der Waals surface area contributed by atoms with E-state index in [2.05, 4.69) is 20.3 Å². The maximum absolute atomic E-state index is 11.9. The summed E-state index contributed by atoms with van der Waals surface area (Å²) in [6.07, 6.45) is 3.47. The fourth-order valence-corrected chi connectivity index (χ4v) is 2.49. The Balaban J connectivity index is 2.02. The Labute approximate surface area is 121 Å².